The smallest absolute Gasteiger partial charge is 0.255 e. The van der Waals surface area contributed by atoms with Crippen molar-refractivity contribution in [2.45, 2.75) is 38.6 Å². The maximum absolute atomic E-state index is 13.0. The molecule has 0 bridgehead atoms. The van der Waals surface area contributed by atoms with E-state index in [1.165, 1.54) is 20.2 Å². The third kappa shape index (κ3) is 5.86. The first-order valence-electron chi connectivity index (χ1n) is 10.4. The number of amides is 2. The second-order valence-electron chi connectivity index (χ2n) is 7.88. The van der Waals surface area contributed by atoms with Crippen molar-refractivity contribution in [3.63, 3.8) is 0 Å². The van der Waals surface area contributed by atoms with Gasteiger partial charge in [0, 0.05) is 19.8 Å². The Morgan fingerprint density at radius 1 is 1.09 bits per heavy atom. The lowest BCUT2D eigenvalue weighted by Crippen LogP contribution is -2.47. The number of rotatable bonds is 9. The van der Waals surface area contributed by atoms with Gasteiger partial charge in [0.15, 0.2) is 0 Å². The molecule has 0 aromatic heterocycles. The molecule has 9 heteroatoms. The number of nitrogens with one attached hydrogen (secondary N) is 2. The Hall–Kier alpha value is -2.91. The van der Waals surface area contributed by atoms with Crippen LogP contribution in [0.3, 0.4) is 0 Å². The van der Waals surface area contributed by atoms with E-state index in [1.807, 2.05) is 20.8 Å². The first-order chi connectivity index (χ1) is 15.0. The van der Waals surface area contributed by atoms with Gasteiger partial charge in [0.1, 0.15) is 11.8 Å². The van der Waals surface area contributed by atoms with Gasteiger partial charge in [-0.15, -0.1) is 0 Å². The minimum atomic E-state index is -3.67. The summed E-state index contributed by atoms with van der Waals surface area (Å²) in [5.74, 6) is -0.650. The lowest BCUT2D eigenvalue weighted by atomic mass is 10.0. The molecule has 0 aliphatic heterocycles. The standard InChI is InChI=1S/C23H31N3O5S/c1-7-31-19-11-9-8-10-18(19)22(27)25-21(15(2)3)23(28)24-17-13-12-16(4)20(14-17)32(29,30)26(5)6/h8-15,21H,7H2,1-6H3,(H,24,28)(H,25,27). The monoisotopic (exact) mass is 461 g/mol. The molecule has 0 radical (unpaired) electrons. The van der Waals surface area contributed by atoms with Crippen LogP contribution in [-0.4, -0.2) is 51.3 Å². The average molecular weight is 462 g/mol. The van der Waals surface area contributed by atoms with E-state index in [0.717, 1.165) is 4.31 Å². The zero-order valence-electron chi connectivity index (χ0n) is 19.3. The Morgan fingerprint density at radius 2 is 1.75 bits per heavy atom. The van der Waals surface area contributed by atoms with E-state index < -0.39 is 27.9 Å². The maximum atomic E-state index is 13.0. The van der Waals surface area contributed by atoms with Gasteiger partial charge in [0.2, 0.25) is 15.9 Å². The number of anilines is 1. The average Bonchev–Trinajstić information content (AvgIpc) is 2.73. The normalized spacial score (nSPS) is 12.5. The quantitative estimate of drug-likeness (QED) is 0.597. The van der Waals surface area contributed by atoms with E-state index in [1.54, 1.807) is 43.3 Å². The van der Waals surface area contributed by atoms with Crippen LogP contribution in [0.4, 0.5) is 5.69 Å². The molecule has 0 fully saturated rings. The first-order valence-corrected chi connectivity index (χ1v) is 11.8. The summed E-state index contributed by atoms with van der Waals surface area (Å²) in [5.41, 5.74) is 1.23. The van der Waals surface area contributed by atoms with Gasteiger partial charge in [-0.25, -0.2) is 12.7 Å². The fraction of sp³-hybridized carbons (Fsp3) is 0.391. The minimum Gasteiger partial charge on any atom is -0.493 e. The maximum Gasteiger partial charge on any atom is 0.255 e. The van der Waals surface area contributed by atoms with E-state index in [2.05, 4.69) is 10.6 Å². The topological polar surface area (TPSA) is 105 Å². The number of hydrogen-bond acceptors (Lipinski definition) is 5. The summed E-state index contributed by atoms with van der Waals surface area (Å²) in [6, 6.07) is 10.7. The molecule has 1 atom stereocenters. The van der Waals surface area contributed by atoms with Crippen LogP contribution in [-0.2, 0) is 14.8 Å². The molecule has 2 amide bonds. The highest BCUT2D eigenvalue weighted by molar-refractivity contribution is 7.89. The number of para-hydroxylation sites is 1. The van der Waals surface area contributed by atoms with Crippen LogP contribution in [0.5, 0.6) is 5.75 Å². The van der Waals surface area contributed by atoms with Gasteiger partial charge in [-0.2, -0.15) is 0 Å². The van der Waals surface area contributed by atoms with Gasteiger partial charge in [0.25, 0.3) is 5.91 Å². The SMILES string of the molecule is CCOc1ccccc1C(=O)NC(C(=O)Nc1ccc(C)c(S(=O)(=O)N(C)C)c1)C(C)C. The van der Waals surface area contributed by atoms with Crippen LogP contribution < -0.4 is 15.4 Å². The molecule has 2 aromatic rings. The van der Waals surface area contributed by atoms with E-state index in [0.29, 0.717) is 29.2 Å². The Bertz CT molecular complexity index is 1080. The molecule has 1 unspecified atom stereocenters. The number of aryl methyl sites for hydroxylation is 1. The molecule has 0 spiro atoms. The molecule has 32 heavy (non-hydrogen) atoms. The largest absolute Gasteiger partial charge is 0.493 e. The lowest BCUT2D eigenvalue weighted by Gasteiger charge is -2.23. The second kappa shape index (κ2) is 10.6. The van der Waals surface area contributed by atoms with Gasteiger partial charge < -0.3 is 15.4 Å². The molecular formula is C23H31N3O5S. The predicted molar refractivity (Wildman–Crippen MR) is 124 cm³/mol. The summed E-state index contributed by atoms with van der Waals surface area (Å²) in [6.45, 7) is 7.55. The van der Waals surface area contributed by atoms with Crippen LogP contribution in [0.25, 0.3) is 0 Å². The van der Waals surface area contributed by atoms with Crippen LogP contribution in [0.2, 0.25) is 0 Å². The minimum absolute atomic E-state index is 0.107. The molecule has 0 aliphatic rings. The lowest BCUT2D eigenvalue weighted by molar-refractivity contribution is -0.118. The summed E-state index contributed by atoms with van der Waals surface area (Å²) in [6.07, 6.45) is 0. The summed E-state index contributed by atoms with van der Waals surface area (Å²) in [5, 5.41) is 5.50. The fourth-order valence-electron chi connectivity index (χ4n) is 3.06. The van der Waals surface area contributed by atoms with Crippen LogP contribution in [0.15, 0.2) is 47.4 Å². The molecule has 2 rings (SSSR count). The molecule has 0 saturated carbocycles. The summed E-state index contributed by atoms with van der Waals surface area (Å²) in [7, 11) is -0.772. The number of hydrogen-bond donors (Lipinski definition) is 2. The summed E-state index contributed by atoms with van der Waals surface area (Å²) < 4.78 is 31.8. The number of benzene rings is 2. The van der Waals surface area contributed by atoms with Gasteiger partial charge in [-0.1, -0.05) is 32.0 Å². The van der Waals surface area contributed by atoms with E-state index in [-0.39, 0.29) is 10.8 Å². The van der Waals surface area contributed by atoms with Crippen molar-refractivity contribution in [2.75, 3.05) is 26.0 Å². The van der Waals surface area contributed by atoms with Crippen molar-refractivity contribution >= 4 is 27.5 Å². The first kappa shape index (κ1) is 25.4. The molecule has 2 N–H and O–H groups in total. The molecule has 0 aliphatic carbocycles. The molecule has 174 valence electrons. The van der Waals surface area contributed by atoms with Crippen LogP contribution in [0.1, 0.15) is 36.7 Å². The van der Waals surface area contributed by atoms with E-state index >= 15 is 0 Å². The number of ether oxygens (including phenoxy) is 1. The Morgan fingerprint density at radius 3 is 2.34 bits per heavy atom. The zero-order chi connectivity index (χ0) is 24.1. The third-order valence-electron chi connectivity index (χ3n) is 4.88. The zero-order valence-corrected chi connectivity index (χ0v) is 20.1. The van der Waals surface area contributed by atoms with Crippen molar-refractivity contribution < 1.29 is 22.7 Å². The highest BCUT2D eigenvalue weighted by Gasteiger charge is 2.27. The van der Waals surface area contributed by atoms with Crippen LogP contribution >= 0.6 is 0 Å². The van der Waals surface area contributed by atoms with Crippen molar-refractivity contribution in [3.8, 4) is 5.75 Å². The van der Waals surface area contributed by atoms with Gasteiger partial charge in [-0.3, -0.25) is 9.59 Å². The van der Waals surface area contributed by atoms with Crippen LogP contribution in [0, 0.1) is 12.8 Å². The molecular weight excluding hydrogens is 430 g/mol. The summed E-state index contributed by atoms with van der Waals surface area (Å²) in [4.78, 5) is 26.0. The predicted octanol–water partition coefficient (Wildman–Crippen LogP) is 3.04. The highest BCUT2D eigenvalue weighted by atomic mass is 32.2. The molecule has 2 aromatic carbocycles. The Kier molecular flexibility index (Phi) is 8.40. The Balaban J connectivity index is 2.26. The van der Waals surface area contributed by atoms with Gasteiger partial charge >= 0.3 is 0 Å². The van der Waals surface area contributed by atoms with Gasteiger partial charge in [-0.05, 0) is 49.6 Å². The molecule has 0 heterocycles. The number of carbonyl (C=O) groups is 2. The summed E-state index contributed by atoms with van der Waals surface area (Å²) >= 11 is 0. The fourth-order valence-corrected chi connectivity index (χ4v) is 4.21. The van der Waals surface area contributed by atoms with Gasteiger partial charge in [0.05, 0.1) is 17.1 Å². The van der Waals surface area contributed by atoms with Crippen molar-refractivity contribution in [1.29, 1.82) is 0 Å². The van der Waals surface area contributed by atoms with Crippen molar-refractivity contribution in [2.24, 2.45) is 5.92 Å². The van der Waals surface area contributed by atoms with Crippen molar-refractivity contribution in [3.05, 3.63) is 53.6 Å². The Labute approximate surface area is 190 Å². The number of sulfonamides is 1. The van der Waals surface area contributed by atoms with Crippen molar-refractivity contribution in [1.82, 2.24) is 9.62 Å². The molecule has 8 nitrogen and oxygen atoms in total. The number of nitrogens with zero attached hydrogens (tertiary/aromatic N) is 1. The third-order valence-corrected chi connectivity index (χ3v) is 6.84. The van der Waals surface area contributed by atoms with E-state index in [9.17, 15) is 18.0 Å². The second-order valence-corrected chi connectivity index (χ2v) is 10.0. The number of carbonyl (C=O) groups excluding carboxylic acids is 2. The highest BCUT2D eigenvalue weighted by Crippen LogP contribution is 2.23. The van der Waals surface area contributed by atoms with E-state index in [4.69, 9.17) is 4.74 Å². The molecule has 0 saturated heterocycles.